The Morgan fingerprint density at radius 2 is 1.29 bits per heavy atom. The number of rotatable bonds is 2. The summed E-state index contributed by atoms with van der Waals surface area (Å²) >= 11 is 4.21. The van der Waals surface area contributed by atoms with Gasteiger partial charge in [-0.15, -0.1) is 0 Å². The Balaban J connectivity index is 2.48. The van der Waals surface area contributed by atoms with E-state index in [0.29, 0.717) is 17.3 Å². The molecule has 0 radical (unpaired) electrons. The molecule has 1 heteroatoms. The largest absolute Gasteiger partial charge is 0.0841 e. The first-order valence-corrected chi connectivity index (χ1v) is 8.88. The van der Waals surface area contributed by atoms with Gasteiger partial charge in [0.2, 0.25) is 0 Å². The van der Waals surface area contributed by atoms with E-state index >= 15 is 0 Å². The standard InChI is InChI=1S/C20H31Br/c1-17(2,3)15-16(20(15,21)18(4,5)6)19(7,8)14-12-10-9-11-13-14/h9-13,15-16H,1-8H3. The van der Waals surface area contributed by atoms with Gasteiger partial charge in [-0.3, -0.25) is 0 Å². The average molecular weight is 351 g/mol. The molecule has 0 aliphatic heterocycles. The molecule has 0 aromatic heterocycles. The third-order valence-electron chi connectivity index (χ3n) is 5.51. The topological polar surface area (TPSA) is 0 Å². The second-order valence-electron chi connectivity index (χ2n) is 9.43. The monoisotopic (exact) mass is 350 g/mol. The predicted octanol–water partition coefficient (Wildman–Crippen LogP) is 6.44. The normalized spacial score (nSPS) is 30.3. The minimum absolute atomic E-state index is 0.177. The van der Waals surface area contributed by atoms with Crippen LogP contribution in [0, 0.1) is 22.7 Å². The summed E-state index contributed by atoms with van der Waals surface area (Å²) in [6, 6.07) is 11.0. The van der Waals surface area contributed by atoms with Crippen molar-refractivity contribution >= 4 is 15.9 Å². The van der Waals surface area contributed by atoms with Crippen molar-refractivity contribution in [3.63, 3.8) is 0 Å². The molecule has 2 rings (SSSR count). The van der Waals surface area contributed by atoms with E-state index in [9.17, 15) is 0 Å². The molecule has 0 nitrogen and oxygen atoms in total. The van der Waals surface area contributed by atoms with Crippen LogP contribution in [0.25, 0.3) is 0 Å². The first kappa shape index (κ1) is 17.1. The van der Waals surface area contributed by atoms with Crippen molar-refractivity contribution in [2.75, 3.05) is 0 Å². The molecule has 1 aromatic carbocycles. The molecule has 118 valence electrons. The Bertz CT molecular complexity index is 501. The zero-order valence-electron chi connectivity index (χ0n) is 14.9. The molecule has 1 saturated carbocycles. The molecule has 0 bridgehead atoms. The van der Waals surface area contributed by atoms with Crippen molar-refractivity contribution in [3.8, 4) is 0 Å². The third-order valence-corrected chi connectivity index (χ3v) is 7.68. The average Bonchev–Trinajstić information content (AvgIpc) is 2.99. The van der Waals surface area contributed by atoms with E-state index in [4.69, 9.17) is 0 Å². The van der Waals surface area contributed by atoms with Crippen LogP contribution < -0.4 is 0 Å². The van der Waals surface area contributed by atoms with Gasteiger partial charge in [-0.1, -0.05) is 102 Å². The highest BCUT2D eigenvalue weighted by Crippen LogP contribution is 2.75. The van der Waals surface area contributed by atoms with Crippen LogP contribution in [0.15, 0.2) is 30.3 Å². The number of hydrogen-bond donors (Lipinski definition) is 0. The van der Waals surface area contributed by atoms with Gasteiger partial charge in [0, 0.05) is 4.32 Å². The van der Waals surface area contributed by atoms with E-state index in [1.54, 1.807) is 0 Å². The Labute approximate surface area is 139 Å². The molecule has 0 saturated heterocycles. The zero-order chi connectivity index (χ0) is 16.3. The number of halogens is 1. The minimum atomic E-state index is 0.177. The molecule has 3 atom stereocenters. The lowest BCUT2D eigenvalue weighted by atomic mass is 9.75. The van der Waals surface area contributed by atoms with Crippen molar-refractivity contribution < 1.29 is 0 Å². The predicted molar refractivity (Wildman–Crippen MR) is 97.0 cm³/mol. The lowest BCUT2D eigenvalue weighted by Gasteiger charge is -2.33. The molecular weight excluding hydrogens is 320 g/mol. The van der Waals surface area contributed by atoms with Crippen LogP contribution in [-0.2, 0) is 5.41 Å². The highest BCUT2D eigenvalue weighted by Gasteiger charge is 2.75. The van der Waals surface area contributed by atoms with Crippen molar-refractivity contribution in [1.82, 2.24) is 0 Å². The third kappa shape index (κ3) is 2.60. The van der Waals surface area contributed by atoms with E-state index in [1.165, 1.54) is 5.56 Å². The van der Waals surface area contributed by atoms with Gasteiger partial charge in [0.05, 0.1) is 0 Å². The number of hydrogen-bond acceptors (Lipinski definition) is 0. The van der Waals surface area contributed by atoms with Crippen LogP contribution >= 0.6 is 15.9 Å². The van der Waals surface area contributed by atoms with Gasteiger partial charge < -0.3 is 0 Å². The van der Waals surface area contributed by atoms with Crippen LogP contribution in [0.1, 0.15) is 61.0 Å². The molecule has 1 aliphatic carbocycles. The molecule has 0 amide bonds. The quantitative estimate of drug-likeness (QED) is 0.538. The van der Waals surface area contributed by atoms with Crippen LogP contribution in [0.3, 0.4) is 0 Å². The molecule has 21 heavy (non-hydrogen) atoms. The molecule has 0 spiro atoms. The Morgan fingerprint density at radius 3 is 1.62 bits per heavy atom. The van der Waals surface area contributed by atoms with Gasteiger partial charge in [-0.25, -0.2) is 0 Å². The summed E-state index contributed by atoms with van der Waals surface area (Å²) in [5, 5.41) is 0. The molecular formula is C20H31Br. The lowest BCUT2D eigenvalue weighted by Crippen LogP contribution is -2.32. The summed E-state index contributed by atoms with van der Waals surface area (Å²) in [7, 11) is 0. The maximum Gasteiger partial charge on any atom is 0.0382 e. The summed E-state index contributed by atoms with van der Waals surface area (Å²) in [4.78, 5) is 0. The van der Waals surface area contributed by atoms with Gasteiger partial charge in [0.1, 0.15) is 0 Å². The van der Waals surface area contributed by atoms with Crippen LogP contribution in [0.5, 0.6) is 0 Å². The molecule has 0 heterocycles. The molecule has 3 unspecified atom stereocenters. The fourth-order valence-electron chi connectivity index (χ4n) is 4.41. The number of alkyl halides is 1. The Morgan fingerprint density at radius 1 is 0.810 bits per heavy atom. The zero-order valence-corrected chi connectivity index (χ0v) is 16.5. The smallest absolute Gasteiger partial charge is 0.0382 e. The highest BCUT2D eigenvalue weighted by atomic mass is 79.9. The van der Waals surface area contributed by atoms with Crippen molar-refractivity contribution in [3.05, 3.63) is 35.9 Å². The van der Waals surface area contributed by atoms with Crippen molar-refractivity contribution in [2.24, 2.45) is 22.7 Å². The van der Waals surface area contributed by atoms with Crippen molar-refractivity contribution in [1.29, 1.82) is 0 Å². The van der Waals surface area contributed by atoms with E-state index in [2.05, 4.69) is 102 Å². The van der Waals surface area contributed by atoms with Gasteiger partial charge >= 0.3 is 0 Å². The fraction of sp³-hybridized carbons (Fsp3) is 0.700. The summed E-state index contributed by atoms with van der Waals surface area (Å²) in [5.74, 6) is 1.33. The summed E-state index contributed by atoms with van der Waals surface area (Å²) in [5.41, 5.74) is 2.19. The van der Waals surface area contributed by atoms with Gasteiger partial charge in [0.15, 0.2) is 0 Å². The summed E-state index contributed by atoms with van der Waals surface area (Å²) in [6.07, 6.45) is 0. The second kappa shape index (κ2) is 4.85. The molecule has 1 aliphatic rings. The van der Waals surface area contributed by atoms with Crippen molar-refractivity contribution in [2.45, 2.75) is 65.1 Å². The van der Waals surface area contributed by atoms with Gasteiger partial charge in [-0.05, 0) is 33.6 Å². The maximum atomic E-state index is 4.21. The molecule has 0 N–H and O–H groups in total. The first-order chi connectivity index (χ1) is 9.34. The molecule has 1 aromatic rings. The molecule has 1 fully saturated rings. The SMILES string of the molecule is CC(C)(C)C1C(C(C)(C)c2ccccc2)C1(Br)C(C)(C)C. The number of benzene rings is 1. The van der Waals surface area contributed by atoms with Crippen LogP contribution in [0.2, 0.25) is 0 Å². The van der Waals surface area contributed by atoms with E-state index in [0.717, 1.165) is 0 Å². The minimum Gasteiger partial charge on any atom is -0.0841 e. The maximum absolute atomic E-state index is 4.21. The lowest BCUT2D eigenvalue weighted by molar-refractivity contribution is 0.274. The van der Waals surface area contributed by atoms with E-state index in [1.807, 2.05) is 0 Å². The van der Waals surface area contributed by atoms with Crippen LogP contribution in [-0.4, -0.2) is 4.32 Å². The first-order valence-electron chi connectivity index (χ1n) is 8.09. The van der Waals surface area contributed by atoms with E-state index in [-0.39, 0.29) is 15.2 Å². The van der Waals surface area contributed by atoms with Gasteiger partial charge in [-0.2, -0.15) is 0 Å². The summed E-state index contributed by atoms with van der Waals surface area (Å²) < 4.78 is 0.206. The summed E-state index contributed by atoms with van der Waals surface area (Å²) in [6.45, 7) is 19.1. The fourth-order valence-corrected chi connectivity index (χ4v) is 6.07. The highest BCUT2D eigenvalue weighted by molar-refractivity contribution is 9.10. The van der Waals surface area contributed by atoms with E-state index < -0.39 is 0 Å². The Hall–Kier alpha value is -0.300. The second-order valence-corrected chi connectivity index (χ2v) is 10.7. The van der Waals surface area contributed by atoms with Gasteiger partial charge in [0.25, 0.3) is 0 Å². The Kier molecular flexibility index (Phi) is 3.94. The van der Waals surface area contributed by atoms with Crippen LogP contribution in [0.4, 0.5) is 0 Å².